The molecule has 1 aromatic carbocycles. The molecule has 0 spiro atoms. The maximum Gasteiger partial charge on any atom is 0.322 e. The molecule has 0 aliphatic heterocycles. The molecule has 1 saturated carbocycles. The second kappa shape index (κ2) is 5.48. The van der Waals surface area contributed by atoms with Gasteiger partial charge >= 0.3 is 5.97 Å². The third-order valence-corrected chi connectivity index (χ3v) is 6.41. The molecule has 4 nitrogen and oxygen atoms in total. The molecule has 1 aliphatic carbocycles. The van der Waals surface area contributed by atoms with Gasteiger partial charge in [0.1, 0.15) is 11.8 Å². The molecule has 0 aromatic heterocycles. The highest BCUT2D eigenvalue weighted by Gasteiger charge is 2.63. The molecular weight excluding hydrogens is 263 g/mol. The van der Waals surface area contributed by atoms with Gasteiger partial charge in [-0.25, -0.2) is 0 Å². The van der Waals surface area contributed by atoms with Gasteiger partial charge in [0.15, 0.2) is 0 Å². The lowest BCUT2D eigenvalue weighted by molar-refractivity contribution is -0.145. The summed E-state index contributed by atoms with van der Waals surface area (Å²) in [5.41, 5.74) is 0.925. The molecule has 1 aliphatic rings. The van der Waals surface area contributed by atoms with Gasteiger partial charge < -0.3 is 9.26 Å². The van der Waals surface area contributed by atoms with E-state index in [1.54, 1.807) is 6.92 Å². The van der Waals surface area contributed by atoms with Gasteiger partial charge in [0.25, 0.3) is 0 Å². The molecule has 2 rings (SSSR count). The van der Waals surface area contributed by atoms with Crippen LogP contribution in [0.2, 0.25) is 0 Å². The largest absolute Gasteiger partial charge is 0.460 e. The number of ether oxygens (including phenoxy) is 1. The van der Waals surface area contributed by atoms with Crippen molar-refractivity contribution in [3.8, 4) is 0 Å². The number of hydrogen-bond donors (Lipinski definition) is 0. The van der Waals surface area contributed by atoms with Crippen LogP contribution in [0, 0.1) is 0 Å². The van der Waals surface area contributed by atoms with Crippen LogP contribution in [0.25, 0.3) is 0 Å². The Kier molecular flexibility index (Phi) is 4.12. The zero-order chi connectivity index (χ0) is 13.9. The van der Waals surface area contributed by atoms with Gasteiger partial charge in [-0.15, -0.1) is 0 Å². The van der Waals surface area contributed by atoms with Gasteiger partial charge in [0, 0.05) is 6.66 Å². The lowest BCUT2D eigenvalue weighted by atomic mass is 10.2. The summed E-state index contributed by atoms with van der Waals surface area (Å²) >= 11 is 0. The van der Waals surface area contributed by atoms with Gasteiger partial charge in [-0.2, -0.15) is 0 Å². The second-order valence-corrected chi connectivity index (χ2v) is 7.66. The molecule has 1 atom stereocenters. The first-order chi connectivity index (χ1) is 9.02. The smallest absolute Gasteiger partial charge is 0.322 e. The third-order valence-electron chi connectivity index (χ3n) is 3.47. The predicted molar refractivity (Wildman–Crippen MR) is 73.4 cm³/mol. The van der Waals surface area contributed by atoms with E-state index in [2.05, 4.69) is 0 Å². The molecule has 0 amide bonds. The second-order valence-electron chi connectivity index (χ2n) is 4.86. The van der Waals surface area contributed by atoms with Crippen molar-refractivity contribution in [2.24, 2.45) is 0 Å². The van der Waals surface area contributed by atoms with Crippen molar-refractivity contribution in [3.63, 3.8) is 0 Å². The van der Waals surface area contributed by atoms with E-state index in [4.69, 9.17) is 9.26 Å². The van der Waals surface area contributed by atoms with E-state index in [0.717, 1.165) is 5.56 Å². The molecule has 19 heavy (non-hydrogen) atoms. The quantitative estimate of drug-likeness (QED) is 0.594. The Labute approximate surface area is 113 Å². The van der Waals surface area contributed by atoms with Crippen LogP contribution in [-0.2, 0) is 25.2 Å². The van der Waals surface area contributed by atoms with Gasteiger partial charge in [-0.3, -0.25) is 9.36 Å². The SMILES string of the molecule is CCO[P@@](C)(=O)C1(C(=O)OCc2ccccc2)CC1. The Morgan fingerprint density at radius 1 is 1.32 bits per heavy atom. The van der Waals surface area contributed by atoms with E-state index in [-0.39, 0.29) is 6.61 Å². The highest BCUT2D eigenvalue weighted by Crippen LogP contribution is 2.68. The van der Waals surface area contributed by atoms with Crippen LogP contribution in [0.3, 0.4) is 0 Å². The van der Waals surface area contributed by atoms with Crippen molar-refractivity contribution in [2.45, 2.75) is 31.5 Å². The molecule has 5 heteroatoms. The van der Waals surface area contributed by atoms with Crippen LogP contribution in [0.1, 0.15) is 25.3 Å². The first-order valence-corrected chi connectivity index (χ1v) is 8.52. The van der Waals surface area contributed by atoms with Crippen molar-refractivity contribution in [1.29, 1.82) is 0 Å². The molecule has 1 fully saturated rings. The van der Waals surface area contributed by atoms with Crippen LogP contribution in [0.4, 0.5) is 0 Å². The Balaban J connectivity index is 1.99. The lowest BCUT2D eigenvalue weighted by Crippen LogP contribution is -2.26. The average molecular weight is 282 g/mol. The van der Waals surface area contributed by atoms with E-state index in [1.807, 2.05) is 30.3 Å². The third kappa shape index (κ3) is 2.90. The highest BCUT2D eigenvalue weighted by atomic mass is 31.2. The summed E-state index contributed by atoms with van der Waals surface area (Å²) in [4.78, 5) is 12.1. The van der Waals surface area contributed by atoms with Crippen LogP contribution in [-0.4, -0.2) is 24.4 Å². The maximum atomic E-state index is 12.4. The van der Waals surface area contributed by atoms with Crippen molar-refractivity contribution in [1.82, 2.24) is 0 Å². The Bertz CT molecular complexity index is 493. The zero-order valence-corrected chi connectivity index (χ0v) is 12.2. The van der Waals surface area contributed by atoms with E-state index in [0.29, 0.717) is 19.4 Å². The summed E-state index contributed by atoms with van der Waals surface area (Å²) in [6.07, 6.45) is 1.18. The maximum absolute atomic E-state index is 12.4. The van der Waals surface area contributed by atoms with Crippen molar-refractivity contribution in [2.75, 3.05) is 13.3 Å². The van der Waals surface area contributed by atoms with Gasteiger partial charge in [0.05, 0.1) is 6.61 Å². The minimum absolute atomic E-state index is 0.216. The number of carbonyl (C=O) groups is 1. The van der Waals surface area contributed by atoms with Crippen LogP contribution >= 0.6 is 7.37 Å². The van der Waals surface area contributed by atoms with E-state index in [9.17, 15) is 9.36 Å². The molecular formula is C14H19O4P. The highest BCUT2D eigenvalue weighted by molar-refractivity contribution is 7.61. The zero-order valence-electron chi connectivity index (χ0n) is 11.3. The summed E-state index contributed by atoms with van der Waals surface area (Å²) in [5, 5.41) is -0.891. The summed E-state index contributed by atoms with van der Waals surface area (Å²) in [6.45, 7) is 3.88. The monoisotopic (exact) mass is 282 g/mol. The number of carbonyl (C=O) groups excluding carboxylic acids is 1. The number of esters is 1. The standard InChI is InChI=1S/C14H19O4P/c1-3-18-19(2,16)14(9-10-14)13(15)17-11-12-7-5-4-6-8-12/h4-8H,3,9-11H2,1-2H3/t19-/m1/s1. The molecule has 0 saturated heterocycles. The Morgan fingerprint density at radius 3 is 2.47 bits per heavy atom. The fraction of sp³-hybridized carbons (Fsp3) is 0.500. The van der Waals surface area contributed by atoms with Crippen molar-refractivity contribution >= 4 is 13.3 Å². The van der Waals surface area contributed by atoms with E-state index >= 15 is 0 Å². The van der Waals surface area contributed by atoms with Crippen LogP contribution in [0.5, 0.6) is 0 Å². The van der Waals surface area contributed by atoms with Crippen LogP contribution in [0.15, 0.2) is 30.3 Å². The number of rotatable bonds is 6. The fourth-order valence-electron chi connectivity index (χ4n) is 2.12. The average Bonchev–Trinajstić information content (AvgIpc) is 3.19. The summed E-state index contributed by atoms with van der Waals surface area (Å²) < 4.78 is 23.0. The Hall–Kier alpha value is -1.12. The first kappa shape index (κ1) is 14.3. The Morgan fingerprint density at radius 2 is 1.95 bits per heavy atom. The van der Waals surface area contributed by atoms with E-state index < -0.39 is 18.5 Å². The fourth-order valence-corrected chi connectivity index (χ4v) is 4.18. The minimum atomic E-state index is -2.94. The minimum Gasteiger partial charge on any atom is -0.460 e. The molecule has 0 bridgehead atoms. The molecule has 1 aromatic rings. The summed E-state index contributed by atoms with van der Waals surface area (Å²) in [5.74, 6) is -0.393. The summed E-state index contributed by atoms with van der Waals surface area (Å²) in [7, 11) is -2.94. The molecule has 104 valence electrons. The van der Waals surface area contributed by atoms with Gasteiger partial charge in [-0.1, -0.05) is 30.3 Å². The van der Waals surface area contributed by atoms with Crippen LogP contribution < -0.4 is 0 Å². The van der Waals surface area contributed by atoms with E-state index in [1.165, 1.54) is 6.66 Å². The summed E-state index contributed by atoms with van der Waals surface area (Å²) in [6, 6.07) is 9.47. The first-order valence-electron chi connectivity index (χ1n) is 6.45. The molecule has 0 N–H and O–H groups in total. The van der Waals surface area contributed by atoms with Crippen molar-refractivity contribution < 1.29 is 18.6 Å². The van der Waals surface area contributed by atoms with Gasteiger partial charge in [0.2, 0.25) is 7.37 Å². The lowest BCUT2D eigenvalue weighted by Gasteiger charge is -2.22. The molecule has 0 radical (unpaired) electrons. The van der Waals surface area contributed by atoms with Gasteiger partial charge in [-0.05, 0) is 25.3 Å². The molecule has 0 unspecified atom stereocenters. The number of hydrogen-bond acceptors (Lipinski definition) is 4. The normalized spacial score (nSPS) is 19.5. The topological polar surface area (TPSA) is 52.6 Å². The molecule has 0 heterocycles. The predicted octanol–water partition coefficient (Wildman–Crippen LogP) is 3.21. The van der Waals surface area contributed by atoms with Crippen molar-refractivity contribution in [3.05, 3.63) is 35.9 Å². The number of benzene rings is 1.